The molecule has 0 aliphatic carbocycles. The first-order valence-electron chi connectivity index (χ1n) is 9.65. The monoisotopic (exact) mass is 404 g/mol. The topological polar surface area (TPSA) is 80.0 Å². The molecule has 1 aliphatic rings. The van der Waals surface area contributed by atoms with E-state index >= 15 is 0 Å². The van der Waals surface area contributed by atoms with Gasteiger partial charge in [0.05, 0.1) is 36.1 Å². The van der Waals surface area contributed by atoms with Crippen LogP contribution in [0.1, 0.15) is 13.3 Å². The Labute approximate surface area is 173 Å². The number of aliphatic hydroxyl groups excluding tert-OH is 1. The second kappa shape index (κ2) is 8.43. The summed E-state index contributed by atoms with van der Waals surface area (Å²) < 4.78 is 15.8. The first kappa shape index (κ1) is 19.7. The molecule has 0 saturated carbocycles. The number of allylic oxidation sites excluding steroid dienone is 4. The molecule has 0 spiro atoms. The van der Waals surface area contributed by atoms with Crippen LogP contribution in [0.5, 0.6) is 0 Å². The fraction of sp³-hybridized carbons (Fsp3) is 0.273. The third-order valence-electron chi connectivity index (χ3n) is 5.02. The first-order valence-corrected chi connectivity index (χ1v) is 9.65. The van der Waals surface area contributed by atoms with E-state index in [1.807, 2.05) is 17.0 Å². The van der Waals surface area contributed by atoms with Gasteiger partial charge in [-0.2, -0.15) is 5.10 Å². The van der Waals surface area contributed by atoms with E-state index < -0.39 is 5.83 Å². The summed E-state index contributed by atoms with van der Waals surface area (Å²) in [5, 5.41) is 15.1. The van der Waals surface area contributed by atoms with E-state index in [1.165, 1.54) is 12.2 Å². The minimum atomic E-state index is -0.400. The molecule has 4 heterocycles. The summed E-state index contributed by atoms with van der Waals surface area (Å²) in [7, 11) is 0. The first-order chi connectivity index (χ1) is 14.6. The summed E-state index contributed by atoms with van der Waals surface area (Å²) in [5.41, 5.74) is 2.35. The summed E-state index contributed by atoms with van der Waals surface area (Å²) in [4.78, 5) is 15.4. The molecule has 1 unspecified atom stereocenters. The van der Waals surface area contributed by atoms with Crippen LogP contribution in [-0.4, -0.2) is 49.0 Å². The number of terminal acetylenes is 1. The van der Waals surface area contributed by atoms with Gasteiger partial charge in [-0.05, 0) is 31.6 Å². The Morgan fingerprint density at radius 2 is 2.17 bits per heavy atom. The van der Waals surface area contributed by atoms with Crippen molar-refractivity contribution in [2.24, 2.45) is 0 Å². The summed E-state index contributed by atoms with van der Waals surface area (Å²) >= 11 is 0. The van der Waals surface area contributed by atoms with Crippen LogP contribution < -0.4 is 4.90 Å². The fourth-order valence-electron chi connectivity index (χ4n) is 3.51. The highest BCUT2D eigenvalue weighted by molar-refractivity contribution is 5.89. The molecular formula is C22H21FN6O. The second-order valence-corrected chi connectivity index (χ2v) is 7.01. The molecule has 4 rings (SSSR count). The molecule has 1 N–H and O–H groups in total. The quantitative estimate of drug-likeness (QED) is 0.520. The minimum Gasteiger partial charge on any atom is -0.391 e. The van der Waals surface area contributed by atoms with Crippen LogP contribution >= 0.6 is 0 Å². The lowest BCUT2D eigenvalue weighted by Gasteiger charge is -2.16. The van der Waals surface area contributed by atoms with Gasteiger partial charge in [0, 0.05) is 24.9 Å². The number of fused-ring (bicyclic) bond motifs is 1. The summed E-state index contributed by atoms with van der Waals surface area (Å²) in [5.74, 6) is 2.42. The standard InChI is InChI=1S/C22H21FN6O/c1-3-6-15(19(23)4-2)13-29-22-18(7-5-9-24-22)20(27-29)21-25-11-16(12-26-21)28-10-8-17(30)14-28/h1,4-7,9,11-12,17,30H,8,10,13-14H2,2H3/b15-6-,19-4+. The largest absolute Gasteiger partial charge is 0.391 e. The molecule has 0 amide bonds. The van der Waals surface area contributed by atoms with Crippen molar-refractivity contribution in [3.63, 3.8) is 0 Å². The number of halogens is 1. The molecular weight excluding hydrogens is 383 g/mol. The third-order valence-corrected chi connectivity index (χ3v) is 5.02. The zero-order valence-corrected chi connectivity index (χ0v) is 16.5. The van der Waals surface area contributed by atoms with Crippen LogP contribution in [0.15, 0.2) is 54.3 Å². The molecule has 30 heavy (non-hydrogen) atoms. The number of rotatable bonds is 5. The number of pyridine rings is 1. The van der Waals surface area contributed by atoms with Gasteiger partial charge in [-0.1, -0.05) is 12.0 Å². The van der Waals surface area contributed by atoms with Crippen LogP contribution in [0.25, 0.3) is 22.6 Å². The van der Waals surface area contributed by atoms with Crippen LogP contribution in [0.2, 0.25) is 0 Å². The SMILES string of the molecule is C#C/C=C(Cn1nc(-c2ncc(N3CCC(O)C3)cn2)c2cccnc21)\C(F)=C/C. The number of nitrogens with zero attached hydrogens (tertiary/aromatic N) is 6. The Kier molecular flexibility index (Phi) is 5.55. The Bertz CT molecular complexity index is 1160. The van der Waals surface area contributed by atoms with Crippen LogP contribution in [0.3, 0.4) is 0 Å². The zero-order valence-electron chi connectivity index (χ0n) is 16.5. The van der Waals surface area contributed by atoms with Crippen LogP contribution in [-0.2, 0) is 6.54 Å². The van der Waals surface area contributed by atoms with Crippen molar-refractivity contribution < 1.29 is 9.50 Å². The maximum atomic E-state index is 14.2. The van der Waals surface area contributed by atoms with E-state index in [0.717, 1.165) is 24.0 Å². The van der Waals surface area contributed by atoms with E-state index in [4.69, 9.17) is 6.42 Å². The van der Waals surface area contributed by atoms with Gasteiger partial charge >= 0.3 is 0 Å². The van der Waals surface area contributed by atoms with E-state index in [-0.39, 0.29) is 12.6 Å². The minimum absolute atomic E-state index is 0.137. The number of hydrogen-bond acceptors (Lipinski definition) is 6. The summed E-state index contributed by atoms with van der Waals surface area (Å²) in [6.07, 6.45) is 13.6. The average molecular weight is 404 g/mol. The molecule has 3 aromatic heterocycles. The summed E-state index contributed by atoms with van der Waals surface area (Å²) in [6.45, 7) is 3.09. The maximum Gasteiger partial charge on any atom is 0.180 e. The van der Waals surface area contributed by atoms with Gasteiger partial charge < -0.3 is 10.0 Å². The molecule has 0 aromatic carbocycles. The molecule has 0 radical (unpaired) electrons. The molecule has 1 atom stereocenters. The van der Waals surface area contributed by atoms with Gasteiger partial charge in [-0.25, -0.2) is 24.0 Å². The number of aromatic nitrogens is 5. The highest BCUT2D eigenvalue weighted by Gasteiger charge is 2.22. The van der Waals surface area contributed by atoms with Crippen molar-refractivity contribution in [2.75, 3.05) is 18.0 Å². The van der Waals surface area contributed by atoms with Gasteiger partial charge in [0.25, 0.3) is 0 Å². The number of β-amino-alcohol motifs (C(OH)–C–C–N with tert-alkyl or cyclic N) is 1. The van der Waals surface area contributed by atoms with E-state index in [9.17, 15) is 9.50 Å². The highest BCUT2D eigenvalue weighted by Crippen LogP contribution is 2.27. The van der Waals surface area contributed by atoms with Crippen molar-refractivity contribution in [1.29, 1.82) is 0 Å². The van der Waals surface area contributed by atoms with E-state index in [2.05, 4.69) is 26.0 Å². The van der Waals surface area contributed by atoms with Crippen molar-refractivity contribution >= 4 is 16.7 Å². The van der Waals surface area contributed by atoms with Crippen LogP contribution in [0.4, 0.5) is 10.1 Å². The average Bonchev–Trinajstić information content (AvgIpc) is 3.37. The van der Waals surface area contributed by atoms with E-state index in [0.29, 0.717) is 29.3 Å². The van der Waals surface area contributed by atoms with Crippen molar-refractivity contribution in [3.05, 3.63) is 54.3 Å². The van der Waals surface area contributed by atoms with Crippen molar-refractivity contribution in [1.82, 2.24) is 24.7 Å². The van der Waals surface area contributed by atoms with Gasteiger partial charge in [0.1, 0.15) is 11.5 Å². The van der Waals surface area contributed by atoms with Gasteiger partial charge in [-0.3, -0.25) is 0 Å². The number of anilines is 1. The van der Waals surface area contributed by atoms with Gasteiger partial charge in [0.15, 0.2) is 11.5 Å². The molecule has 1 fully saturated rings. The lowest BCUT2D eigenvalue weighted by molar-refractivity contribution is 0.198. The highest BCUT2D eigenvalue weighted by atomic mass is 19.1. The molecule has 152 valence electrons. The smallest absolute Gasteiger partial charge is 0.180 e. The number of aliphatic hydroxyl groups is 1. The number of hydrogen-bond donors (Lipinski definition) is 1. The Balaban J connectivity index is 1.70. The Hall–Kier alpha value is -3.57. The Morgan fingerprint density at radius 3 is 2.83 bits per heavy atom. The predicted molar refractivity (Wildman–Crippen MR) is 113 cm³/mol. The second-order valence-electron chi connectivity index (χ2n) is 7.01. The molecule has 7 nitrogen and oxygen atoms in total. The van der Waals surface area contributed by atoms with E-state index in [1.54, 1.807) is 30.2 Å². The van der Waals surface area contributed by atoms with Crippen molar-refractivity contribution in [2.45, 2.75) is 26.0 Å². The van der Waals surface area contributed by atoms with Crippen LogP contribution in [0, 0.1) is 12.3 Å². The van der Waals surface area contributed by atoms with Gasteiger partial charge in [0.2, 0.25) is 0 Å². The maximum absolute atomic E-state index is 14.2. The molecule has 1 aliphatic heterocycles. The lowest BCUT2D eigenvalue weighted by Crippen LogP contribution is -2.21. The zero-order chi connectivity index (χ0) is 21.1. The summed E-state index contributed by atoms with van der Waals surface area (Å²) in [6, 6.07) is 3.69. The molecule has 1 saturated heterocycles. The molecule has 0 bridgehead atoms. The predicted octanol–water partition coefficient (Wildman–Crippen LogP) is 2.89. The lowest BCUT2D eigenvalue weighted by atomic mass is 10.2. The van der Waals surface area contributed by atoms with Gasteiger partial charge in [-0.15, -0.1) is 6.42 Å². The molecule has 3 aromatic rings. The van der Waals surface area contributed by atoms with Crippen molar-refractivity contribution in [3.8, 4) is 23.9 Å². The fourth-order valence-corrected chi connectivity index (χ4v) is 3.51. The Morgan fingerprint density at radius 1 is 1.37 bits per heavy atom. The normalized spacial score (nSPS) is 17.5. The molecule has 8 heteroatoms. The third kappa shape index (κ3) is 3.80.